The molecule has 1 N–H and O–H groups in total. The normalized spacial score (nSPS) is 18.8. The van der Waals surface area contributed by atoms with Crippen LogP contribution in [0.25, 0.3) is 17.0 Å². The van der Waals surface area contributed by atoms with Crippen molar-refractivity contribution in [3.8, 4) is 11.3 Å². The molecule has 0 unspecified atom stereocenters. The Labute approximate surface area is 185 Å². The zero-order valence-electron chi connectivity index (χ0n) is 18.2. The quantitative estimate of drug-likeness (QED) is 0.517. The van der Waals surface area contributed by atoms with E-state index in [9.17, 15) is 4.79 Å². The van der Waals surface area contributed by atoms with Crippen molar-refractivity contribution in [1.29, 1.82) is 0 Å². The van der Waals surface area contributed by atoms with E-state index in [-0.39, 0.29) is 11.6 Å². The topological polar surface area (TPSA) is 103 Å². The highest BCUT2D eigenvalue weighted by Gasteiger charge is 2.25. The number of hydrogen-bond donors (Lipinski definition) is 1. The van der Waals surface area contributed by atoms with Crippen molar-refractivity contribution in [3.63, 3.8) is 0 Å². The minimum Gasteiger partial charge on any atom is -0.367 e. The standard InChI is InChI=1S/C23H26N8O/c1-15(2)20-12-21(31-23(28-20)25-14-26-31)27-17-5-7-18(8-6-17)30-22(32)10-9-19(29-30)16-4-3-11-24-13-16/h3-4,9-15,17-18,27H,5-8H2,1-2H3. The average Bonchev–Trinajstić information content (AvgIpc) is 3.30. The van der Waals surface area contributed by atoms with Gasteiger partial charge in [-0.1, -0.05) is 13.8 Å². The first kappa shape index (κ1) is 20.3. The maximum atomic E-state index is 12.5. The number of nitrogens with one attached hydrogen (secondary N) is 1. The molecule has 0 amide bonds. The number of fused-ring (bicyclic) bond motifs is 1. The molecule has 4 aromatic rings. The van der Waals surface area contributed by atoms with Crippen LogP contribution >= 0.6 is 0 Å². The first-order valence-electron chi connectivity index (χ1n) is 11.1. The largest absolute Gasteiger partial charge is 0.367 e. The molecular formula is C23H26N8O. The summed E-state index contributed by atoms with van der Waals surface area (Å²) in [6.45, 7) is 4.24. The van der Waals surface area contributed by atoms with E-state index in [2.05, 4.69) is 50.4 Å². The molecule has 1 aliphatic carbocycles. The van der Waals surface area contributed by atoms with Gasteiger partial charge in [0.15, 0.2) is 0 Å². The summed E-state index contributed by atoms with van der Waals surface area (Å²) in [4.78, 5) is 25.5. The SMILES string of the molecule is CC(C)c1cc(NC2CCC(n3nc(-c4cccnc4)ccc3=O)CC2)n2ncnc2n1. The lowest BCUT2D eigenvalue weighted by molar-refractivity contribution is 0.304. The van der Waals surface area contributed by atoms with Crippen molar-refractivity contribution in [3.05, 3.63) is 65.1 Å². The summed E-state index contributed by atoms with van der Waals surface area (Å²) in [7, 11) is 0. The summed E-state index contributed by atoms with van der Waals surface area (Å²) in [6, 6.07) is 9.63. The van der Waals surface area contributed by atoms with Crippen LogP contribution in [-0.4, -0.2) is 40.4 Å². The average molecular weight is 431 g/mol. The molecule has 1 aliphatic rings. The van der Waals surface area contributed by atoms with Crippen LogP contribution in [0.2, 0.25) is 0 Å². The maximum absolute atomic E-state index is 12.5. The van der Waals surface area contributed by atoms with Gasteiger partial charge in [0.05, 0.1) is 17.4 Å². The van der Waals surface area contributed by atoms with E-state index < -0.39 is 0 Å². The Morgan fingerprint density at radius 2 is 1.97 bits per heavy atom. The molecule has 164 valence electrons. The van der Waals surface area contributed by atoms with Crippen molar-refractivity contribution in [2.75, 3.05) is 5.32 Å². The lowest BCUT2D eigenvalue weighted by Gasteiger charge is -2.30. The smallest absolute Gasteiger partial charge is 0.267 e. The highest BCUT2D eigenvalue weighted by Crippen LogP contribution is 2.30. The van der Waals surface area contributed by atoms with Crippen LogP contribution in [0.1, 0.15) is 57.2 Å². The zero-order chi connectivity index (χ0) is 22.1. The summed E-state index contributed by atoms with van der Waals surface area (Å²) < 4.78 is 3.40. The van der Waals surface area contributed by atoms with Gasteiger partial charge < -0.3 is 5.32 Å². The molecule has 4 aromatic heterocycles. The van der Waals surface area contributed by atoms with Gasteiger partial charge in [-0.2, -0.15) is 19.7 Å². The van der Waals surface area contributed by atoms with Crippen LogP contribution in [0.3, 0.4) is 0 Å². The summed E-state index contributed by atoms with van der Waals surface area (Å²) in [5.41, 5.74) is 2.61. The van der Waals surface area contributed by atoms with Gasteiger partial charge in [0, 0.05) is 36.1 Å². The molecule has 0 aromatic carbocycles. The van der Waals surface area contributed by atoms with Crippen molar-refractivity contribution >= 4 is 11.6 Å². The Morgan fingerprint density at radius 3 is 2.72 bits per heavy atom. The van der Waals surface area contributed by atoms with Crippen LogP contribution in [0.15, 0.2) is 53.8 Å². The van der Waals surface area contributed by atoms with Gasteiger partial charge in [-0.15, -0.1) is 0 Å². The number of nitrogens with zero attached hydrogens (tertiary/aromatic N) is 7. The van der Waals surface area contributed by atoms with E-state index >= 15 is 0 Å². The van der Waals surface area contributed by atoms with Crippen LogP contribution in [0.5, 0.6) is 0 Å². The zero-order valence-corrected chi connectivity index (χ0v) is 18.2. The monoisotopic (exact) mass is 430 g/mol. The first-order chi connectivity index (χ1) is 15.6. The van der Waals surface area contributed by atoms with Gasteiger partial charge in [-0.25, -0.2) is 9.67 Å². The lowest BCUT2D eigenvalue weighted by atomic mass is 9.91. The Morgan fingerprint density at radius 1 is 1.12 bits per heavy atom. The van der Waals surface area contributed by atoms with Crippen LogP contribution < -0.4 is 10.9 Å². The van der Waals surface area contributed by atoms with E-state index in [1.54, 1.807) is 33.7 Å². The molecule has 9 nitrogen and oxygen atoms in total. The molecule has 1 saturated carbocycles. The third-order valence-corrected chi connectivity index (χ3v) is 6.04. The minimum absolute atomic E-state index is 0.0610. The Balaban J connectivity index is 1.32. The van der Waals surface area contributed by atoms with Gasteiger partial charge in [0.25, 0.3) is 11.3 Å². The molecule has 5 rings (SSSR count). The first-order valence-corrected chi connectivity index (χ1v) is 11.1. The number of hydrogen-bond acceptors (Lipinski definition) is 7. The molecule has 4 heterocycles. The van der Waals surface area contributed by atoms with Gasteiger partial charge in [0.2, 0.25) is 0 Å². The molecule has 1 fully saturated rings. The third kappa shape index (κ3) is 3.98. The summed E-state index contributed by atoms with van der Waals surface area (Å²) in [5, 5.41) is 12.6. The summed E-state index contributed by atoms with van der Waals surface area (Å²) in [5.74, 6) is 1.82. The summed E-state index contributed by atoms with van der Waals surface area (Å²) in [6.07, 6.45) is 8.66. The van der Waals surface area contributed by atoms with E-state index in [4.69, 9.17) is 0 Å². The highest BCUT2D eigenvalue weighted by molar-refractivity contribution is 5.56. The fourth-order valence-electron chi connectivity index (χ4n) is 4.26. The van der Waals surface area contributed by atoms with Gasteiger partial charge >= 0.3 is 0 Å². The predicted octanol–water partition coefficient (Wildman–Crippen LogP) is 3.46. The van der Waals surface area contributed by atoms with E-state index in [1.165, 1.54) is 6.33 Å². The molecule has 0 saturated heterocycles. The second-order valence-electron chi connectivity index (χ2n) is 8.59. The molecule has 0 spiro atoms. The highest BCUT2D eigenvalue weighted by atomic mass is 16.1. The van der Waals surface area contributed by atoms with Gasteiger partial charge in [-0.3, -0.25) is 9.78 Å². The molecule has 0 aliphatic heterocycles. The number of rotatable bonds is 5. The van der Waals surface area contributed by atoms with Crippen molar-refractivity contribution in [1.82, 2.24) is 34.3 Å². The number of aromatic nitrogens is 7. The molecular weight excluding hydrogens is 404 g/mol. The van der Waals surface area contributed by atoms with E-state index in [1.807, 2.05) is 12.1 Å². The number of anilines is 1. The molecule has 0 radical (unpaired) electrons. The third-order valence-electron chi connectivity index (χ3n) is 6.04. The summed E-state index contributed by atoms with van der Waals surface area (Å²) >= 11 is 0. The molecule has 32 heavy (non-hydrogen) atoms. The predicted molar refractivity (Wildman–Crippen MR) is 122 cm³/mol. The van der Waals surface area contributed by atoms with Crippen LogP contribution in [-0.2, 0) is 0 Å². The lowest BCUT2D eigenvalue weighted by Crippen LogP contribution is -2.33. The minimum atomic E-state index is -0.0610. The van der Waals surface area contributed by atoms with Crippen molar-refractivity contribution < 1.29 is 0 Å². The van der Waals surface area contributed by atoms with E-state index in [0.717, 1.165) is 48.5 Å². The Kier molecular flexibility index (Phi) is 5.38. The fraction of sp³-hybridized carbons (Fsp3) is 0.391. The molecule has 0 bridgehead atoms. The van der Waals surface area contributed by atoms with Crippen molar-refractivity contribution in [2.45, 2.75) is 57.5 Å². The molecule has 9 heteroatoms. The second-order valence-corrected chi connectivity index (χ2v) is 8.59. The van der Waals surface area contributed by atoms with Crippen LogP contribution in [0.4, 0.5) is 5.82 Å². The van der Waals surface area contributed by atoms with Gasteiger partial charge in [0.1, 0.15) is 12.1 Å². The van der Waals surface area contributed by atoms with Crippen LogP contribution in [0, 0.1) is 0 Å². The Bertz CT molecular complexity index is 1270. The van der Waals surface area contributed by atoms with E-state index in [0.29, 0.717) is 17.7 Å². The Hall–Kier alpha value is -3.62. The second kappa shape index (κ2) is 8.49. The molecule has 0 atom stereocenters. The maximum Gasteiger partial charge on any atom is 0.267 e. The van der Waals surface area contributed by atoms with Gasteiger partial charge in [-0.05, 0) is 49.8 Å². The fourth-order valence-corrected chi connectivity index (χ4v) is 4.26. The van der Waals surface area contributed by atoms with Crippen molar-refractivity contribution in [2.24, 2.45) is 0 Å². The number of pyridine rings is 1.